The molecule has 0 aromatic carbocycles. The summed E-state index contributed by atoms with van der Waals surface area (Å²) in [6, 6.07) is 0. The van der Waals surface area contributed by atoms with E-state index < -0.39 is 0 Å². The molecule has 144 valence electrons. The topological polar surface area (TPSA) is 0 Å². The second kappa shape index (κ2) is 9.44. The Balaban J connectivity index is 1.47. The van der Waals surface area contributed by atoms with Crippen molar-refractivity contribution in [1.29, 1.82) is 0 Å². The van der Waals surface area contributed by atoms with Crippen molar-refractivity contribution in [1.82, 2.24) is 0 Å². The summed E-state index contributed by atoms with van der Waals surface area (Å²) in [7, 11) is 0. The van der Waals surface area contributed by atoms with Crippen LogP contribution in [0.2, 0.25) is 0 Å². The SMILES string of the molecule is CC[C@H]1SC2=C(SC(=C3SC4=C(S3)S[C@H](CC)[C@@H](CC)S4)S2)S[C@@H]1CC. The van der Waals surface area contributed by atoms with E-state index in [0.717, 1.165) is 21.0 Å². The molecule has 4 atom stereocenters. The Labute approximate surface area is 192 Å². The number of hydrogen-bond donors (Lipinski definition) is 0. The monoisotopic (exact) mass is 496 g/mol. The van der Waals surface area contributed by atoms with E-state index in [9.17, 15) is 0 Å². The Bertz CT molecular complexity index is 556. The first-order chi connectivity index (χ1) is 12.7. The highest BCUT2D eigenvalue weighted by Crippen LogP contribution is 2.70. The summed E-state index contributed by atoms with van der Waals surface area (Å²) in [5.74, 6) is 0. The molecule has 4 rings (SSSR count). The summed E-state index contributed by atoms with van der Waals surface area (Å²) >= 11 is 16.9. The molecule has 0 aromatic heterocycles. The van der Waals surface area contributed by atoms with E-state index in [1.807, 2.05) is 0 Å². The Morgan fingerprint density at radius 3 is 0.846 bits per heavy atom. The standard InChI is InChI=1S/C18H24S8/c1-5-9-10(6-2)20-14-13(19-9)23-17(24-14)18-25-15-16(26-18)22-12(8-4)11(7-3)21-15/h9-12H,5-8H2,1-4H3/t9-,10-,11-,12-/m1/s1. The van der Waals surface area contributed by atoms with Crippen LogP contribution >= 0.6 is 94.1 Å². The minimum Gasteiger partial charge on any atom is -0.113 e. The van der Waals surface area contributed by atoms with Gasteiger partial charge in [-0.1, -0.05) is 74.7 Å². The molecule has 0 fully saturated rings. The van der Waals surface area contributed by atoms with E-state index >= 15 is 0 Å². The zero-order valence-corrected chi connectivity index (χ0v) is 21.9. The van der Waals surface area contributed by atoms with Gasteiger partial charge in [-0.05, 0) is 25.7 Å². The van der Waals surface area contributed by atoms with Crippen LogP contribution in [0.5, 0.6) is 0 Å². The molecule has 26 heavy (non-hydrogen) atoms. The maximum Gasteiger partial charge on any atom is 0.0717 e. The molecule has 0 saturated carbocycles. The van der Waals surface area contributed by atoms with Gasteiger partial charge in [0.05, 0.1) is 25.4 Å². The van der Waals surface area contributed by atoms with Crippen LogP contribution in [0.25, 0.3) is 0 Å². The third-order valence-electron chi connectivity index (χ3n) is 4.71. The second-order valence-corrected chi connectivity index (χ2v) is 17.0. The zero-order chi connectivity index (χ0) is 18.3. The summed E-state index contributed by atoms with van der Waals surface area (Å²) in [4.78, 5) is 0. The smallest absolute Gasteiger partial charge is 0.0717 e. The largest absolute Gasteiger partial charge is 0.113 e. The third kappa shape index (κ3) is 4.23. The zero-order valence-electron chi connectivity index (χ0n) is 15.4. The molecule has 0 unspecified atom stereocenters. The lowest BCUT2D eigenvalue weighted by molar-refractivity contribution is 0.739. The quantitative estimate of drug-likeness (QED) is 0.372. The lowest BCUT2D eigenvalue weighted by Crippen LogP contribution is -2.20. The van der Waals surface area contributed by atoms with E-state index in [1.165, 1.54) is 25.7 Å². The second-order valence-electron chi connectivity index (χ2n) is 6.39. The highest BCUT2D eigenvalue weighted by Gasteiger charge is 2.39. The van der Waals surface area contributed by atoms with Gasteiger partial charge in [0.25, 0.3) is 0 Å². The maximum absolute atomic E-state index is 2.35. The Morgan fingerprint density at radius 1 is 0.423 bits per heavy atom. The number of rotatable bonds is 4. The van der Waals surface area contributed by atoms with Crippen LogP contribution in [0.3, 0.4) is 0 Å². The van der Waals surface area contributed by atoms with E-state index in [0.29, 0.717) is 0 Å². The average molecular weight is 497 g/mol. The lowest BCUT2D eigenvalue weighted by Gasteiger charge is -2.28. The molecule has 0 spiro atoms. The van der Waals surface area contributed by atoms with Crippen molar-refractivity contribution >= 4 is 94.1 Å². The average Bonchev–Trinajstić information content (AvgIpc) is 3.28. The molecular formula is C18H24S8. The fourth-order valence-electron chi connectivity index (χ4n) is 3.24. The first-order valence-corrected chi connectivity index (χ1v) is 16.1. The van der Waals surface area contributed by atoms with Crippen molar-refractivity contribution in [2.75, 3.05) is 0 Å². The Hall–Kier alpha value is 2.02. The van der Waals surface area contributed by atoms with Crippen molar-refractivity contribution in [2.24, 2.45) is 0 Å². The summed E-state index contributed by atoms with van der Waals surface area (Å²) in [5, 5.41) is 3.16. The van der Waals surface area contributed by atoms with Gasteiger partial charge < -0.3 is 0 Å². The van der Waals surface area contributed by atoms with E-state index in [2.05, 4.69) is 122 Å². The predicted molar refractivity (Wildman–Crippen MR) is 138 cm³/mol. The van der Waals surface area contributed by atoms with Crippen molar-refractivity contribution in [3.8, 4) is 0 Å². The van der Waals surface area contributed by atoms with E-state index in [4.69, 9.17) is 0 Å². The van der Waals surface area contributed by atoms with Gasteiger partial charge in [0.1, 0.15) is 0 Å². The molecule has 0 aliphatic carbocycles. The van der Waals surface area contributed by atoms with Gasteiger partial charge in [-0.3, -0.25) is 0 Å². The highest BCUT2D eigenvalue weighted by molar-refractivity contribution is 8.45. The van der Waals surface area contributed by atoms with Gasteiger partial charge in [-0.15, -0.1) is 47.0 Å². The summed E-state index contributed by atoms with van der Waals surface area (Å²) < 4.78 is 9.44. The fraction of sp³-hybridized carbons (Fsp3) is 0.667. The summed E-state index contributed by atoms with van der Waals surface area (Å²) in [6.07, 6.45) is 5.14. The van der Waals surface area contributed by atoms with Gasteiger partial charge in [0.15, 0.2) is 0 Å². The summed E-state index contributed by atoms with van der Waals surface area (Å²) in [6.45, 7) is 9.40. The van der Waals surface area contributed by atoms with Crippen LogP contribution < -0.4 is 0 Å². The lowest BCUT2D eigenvalue weighted by atomic mass is 10.2. The van der Waals surface area contributed by atoms with Crippen molar-refractivity contribution in [3.05, 3.63) is 25.4 Å². The summed E-state index contributed by atoms with van der Waals surface area (Å²) in [5.41, 5.74) is 0. The van der Waals surface area contributed by atoms with Gasteiger partial charge in [-0.25, -0.2) is 0 Å². The first kappa shape index (κ1) is 21.3. The molecule has 0 amide bonds. The molecule has 0 bridgehead atoms. The van der Waals surface area contributed by atoms with Crippen LogP contribution in [-0.2, 0) is 0 Å². The molecule has 0 radical (unpaired) electrons. The normalized spacial score (nSPS) is 34.6. The van der Waals surface area contributed by atoms with Gasteiger partial charge in [0.2, 0.25) is 0 Å². The van der Waals surface area contributed by atoms with E-state index in [-0.39, 0.29) is 0 Å². The van der Waals surface area contributed by atoms with Crippen molar-refractivity contribution in [3.63, 3.8) is 0 Å². The van der Waals surface area contributed by atoms with Crippen LogP contribution in [0.1, 0.15) is 53.4 Å². The van der Waals surface area contributed by atoms with Crippen LogP contribution in [0.15, 0.2) is 25.4 Å². The van der Waals surface area contributed by atoms with Gasteiger partial charge in [-0.2, -0.15) is 0 Å². The van der Waals surface area contributed by atoms with E-state index in [1.54, 1.807) is 25.4 Å². The minimum absolute atomic E-state index is 0.790. The van der Waals surface area contributed by atoms with Crippen LogP contribution in [-0.4, -0.2) is 21.0 Å². The highest BCUT2D eigenvalue weighted by atomic mass is 32.3. The van der Waals surface area contributed by atoms with Crippen LogP contribution in [0, 0.1) is 0 Å². The molecular weight excluding hydrogens is 473 g/mol. The first-order valence-electron chi connectivity index (χ1n) is 9.27. The minimum atomic E-state index is 0.790. The maximum atomic E-state index is 2.35. The molecule has 0 aromatic rings. The Kier molecular flexibility index (Phi) is 7.72. The molecule has 0 nitrogen and oxygen atoms in total. The van der Waals surface area contributed by atoms with Gasteiger partial charge >= 0.3 is 0 Å². The fourth-order valence-corrected chi connectivity index (χ4v) is 17.1. The molecule has 4 aliphatic rings. The number of hydrogen-bond acceptors (Lipinski definition) is 8. The molecule has 0 N–H and O–H groups in total. The Morgan fingerprint density at radius 2 is 0.654 bits per heavy atom. The molecule has 0 saturated heterocycles. The predicted octanol–water partition coefficient (Wildman–Crippen LogP) is 9.40. The van der Waals surface area contributed by atoms with Crippen molar-refractivity contribution < 1.29 is 0 Å². The molecule has 4 heterocycles. The molecule has 4 aliphatic heterocycles. The third-order valence-corrected chi connectivity index (χ3v) is 18.4. The number of thioether (sulfide) groups is 8. The van der Waals surface area contributed by atoms with Crippen molar-refractivity contribution in [2.45, 2.75) is 74.4 Å². The molecule has 8 heteroatoms. The van der Waals surface area contributed by atoms with Crippen LogP contribution in [0.4, 0.5) is 0 Å². The van der Waals surface area contributed by atoms with Gasteiger partial charge in [0, 0.05) is 21.0 Å².